The van der Waals surface area contributed by atoms with Crippen molar-refractivity contribution < 1.29 is 28.2 Å². The summed E-state index contributed by atoms with van der Waals surface area (Å²) in [6.45, 7) is 15.0. The predicted molar refractivity (Wildman–Crippen MR) is 138 cm³/mol. The fourth-order valence-corrected chi connectivity index (χ4v) is 4.32. The fourth-order valence-electron chi connectivity index (χ4n) is 2.78. The van der Waals surface area contributed by atoms with Gasteiger partial charge in [0.2, 0.25) is 15.9 Å². The molecule has 35 heavy (non-hydrogen) atoms. The third-order valence-corrected chi connectivity index (χ3v) is 6.59. The zero-order valence-corrected chi connectivity index (χ0v) is 23.1. The second-order valence-electron chi connectivity index (χ2n) is 9.50. The Balaban J connectivity index is 0.00000267. The van der Waals surface area contributed by atoms with Crippen molar-refractivity contribution in [1.82, 2.24) is 14.9 Å². The summed E-state index contributed by atoms with van der Waals surface area (Å²) >= 11 is 0. The molecule has 2 amide bonds. The van der Waals surface area contributed by atoms with Gasteiger partial charge in [-0.25, -0.2) is 8.42 Å². The first kappa shape index (κ1) is 33.0. The molecule has 0 spiro atoms. The van der Waals surface area contributed by atoms with Gasteiger partial charge in [0.25, 0.3) is 5.91 Å². The Labute approximate surface area is 211 Å². The van der Waals surface area contributed by atoms with Gasteiger partial charge in [0.15, 0.2) is 0 Å². The quantitative estimate of drug-likeness (QED) is 0.318. The SMILES string of the molecule is CC(C)C.CCCN(CC)S(=O)(=O)c1ccc(C(=O)NCC(O)C(O)CC(=O)NCC(C)C)cc1. The van der Waals surface area contributed by atoms with E-state index in [1.165, 1.54) is 28.6 Å². The predicted octanol–water partition coefficient (Wildman–Crippen LogP) is 2.38. The third-order valence-electron chi connectivity index (χ3n) is 4.60. The maximum absolute atomic E-state index is 12.6. The number of aliphatic hydroxyl groups is 2. The number of nitrogens with one attached hydrogen (secondary N) is 2. The molecular weight excluding hydrogens is 470 g/mol. The van der Waals surface area contributed by atoms with E-state index >= 15 is 0 Å². The molecule has 4 N–H and O–H groups in total. The smallest absolute Gasteiger partial charge is 0.251 e. The van der Waals surface area contributed by atoms with Crippen LogP contribution in [0, 0.1) is 11.8 Å². The van der Waals surface area contributed by atoms with Crippen LogP contribution in [0.25, 0.3) is 0 Å². The molecule has 0 aliphatic rings. The highest BCUT2D eigenvalue weighted by Crippen LogP contribution is 2.17. The first-order valence-electron chi connectivity index (χ1n) is 12.3. The van der Waals surface area contributed by atoms with E-state index < -0.39 is 28.1 Å². The number of amides is 2. The van der Waals surface area contributed by atoms with E-state index in [-0.39, 0.29) is 35.2 Å². The van der Waals surface area contributed by atoms with Crippen LogP contribution >= 0.6 is 0 Å². The molecule has 0 saturated heterocycles. The maximum Gasteiger partial charge on any atom is 0.251 e. The van der Waals surface area contributed by atoms with Gasteiger partial charge in [-0.3, -0.25) is 9.59 Å². The van der Waals surface area contributed by atoms with Crippen LogP contribution in [0.3, 0.4) is 0 Å². The summed E-state index contributed by atoms with van der Waals surface area (Å²) in [7, 11) is -3.62. The molecule has 1 rings (SSSR count). The Morgan fingerprint density at radius 3 is 1.91 bits per heavy atom. The summed E-state index contributed by atoms with van der Waals surface area (Å²) in [6, 6.07) is 5.52. The van der Waals surface area contributed by atoms with Crippen molar-refractivity contribution in [2.24, 2.45) is 11.8 Å². The van der Waals surface area contributed by atoms with Crippen LogP contribution in [0.2, 0.25) is 0 Å². The van der Waals surface area contributed by atoms with Crippen LogP contribution in [-0.2, 0) is 14.8 Å². The third kappa shape index (κ3) is 13.0. The summed E-state index contributed by atoms with van der Waals surface area (Å²) in [6.07, 6.45) is -2.22. The second kappa shape index (κ2) is 16.6. The van der Waals surface area contributed by atoms with Crippen LogP contribution in [0.5, 0.6) is 0 Å². The van der Waals surface area contributed by atoms with E-state index in [0.717, 1.165) is 5.92 Å². The molecule has 0 aliphatic carbocycles. The standard InChI is InChI=1S/C21H35N3O6S.C4H10/c1-5-11-24(6-2)31(29,30)17-9-7-16(8-10-17)21(28)23-14-19(26)18(25)12-20(27)22-13-15(3)4;1-4(2)3/h7-10,15,18-19,25-26H,5-6,11-14H2,1-4H3,(H,22,27)(H,23,28);4H,1-3H3. The first-order chi connectivity index (χ1) is 16.3. The Hall–Kier alpha value is -2.01. The van der Waals surface area contributed by atoms with Gasteiger partial charge in [0, 0.05) is 31.7 Å². The number of hydrogen-bond acceptors (Lipinski definition) is 6. The van der Waals surface area contributed by atoms with Gasteiger partial charge in [-0.05, 0) is 42.5 Å². The fraction of sp³-hybridized carbons (Fsp3) is 0.680. The lowest BCUT2D eigenvalue weighted by Gasteiger charge is -2.20. The van der Waals surface area contributed by atoms with E-state index in [1.807, 2.05) is 20.8 Å². The molecule has 2 unspecified atom stereocenters. The highest BCUT2D eigenvalue weighted by molar-refractivity contribution is 7.89. The van der Waals surface area contributed by atoms with Crippen LogP contribution in [-0.4, -0.2) is 73.1 Å². The molecule has 0 heterocycles. The zero-order valence-electron chi connectivity index (χ0n) is 22.2. The molecule has 0 aromatic heterocycles. The number of aliphatic hydroxyl groups excluding tert-OH is 2. The summed E-state index contributed by atoms with van der Waals surface area (Å²) < 4.78 is 26.6. The van der Waals surface area contributed by atoms with Crippen LogP contribution in [0.4, 0.5) is 0 Å². The molecule has 0 bridgehead atoms. The number of carbonyl (C=O) groups is 2. The zero-order chi connectivity index (χ0) is 27.2. The van der Waals surface area contributed by atoms with Gasteiger partial charge in [0.1, 0.15) is 0 Å². The molecule has 2 atom stereocenters. The summed E-state index contributed by atoms with van der Waals surface area (Å²) in [5, 5.41) is 25.1. The summed E-state index contributed by atoms with van der Waals surface area (Å²) in [4.78, 5) is 24.1. The molecule has 0 fully saturated rings. The number of hydrogen-bond donors (Lipinski definition) is 4. The lowest BCUT2D eigenvalue weighted by Crippen LogP contribution is -2.41. The van der Waals surface area contributed by atoms with Gasteiger partial charge < -0.3 is 20.8 Å². The van der Waals surface area contributed by atoms with E-state index in [9.17, 15) is 28.2 Å². The lowest BCUT2D eigenvalue weighted by molar-refractivity contribution is -0.124. The summed E-state index contributed by atoms with van der Waals surface area (Å²) in [5.41, 5.74) is 0.217. The van der Waals surface area contributed by atoms with Crippen molar-refractivity contribution in [3.8, 4) is 0 Å². The van der Waals surface area contributed by atoms with E-state index in [1.54, 1.807) is 6.92 Å². The highest BCUT2D eigenvalue weighted by atomic mass is 32.2. The average molecular weight is 516 g/mol. The van der Waals surface area contributed by atoms with Crippen molar-refractivity contribution >= 4 is 21.8 Å². The largest absolute Gasteiger partial charge is 0.390 e. The Morgan fingerprint density at radius 2 is 1.46 bits per heavy atom. The molecule has 1 aromatic rings. The number of benzene rings is 1. The minimum absolute atomic E-state index is 0.0993. The van der Waals surface area contributed by atoms with Gasteiger partial charge in [0.05, 0.1) is 23.5 Å². The van der Waals surface area contributed by atoms with Crippen molar-refractivity contribution in [3.63, 3.8) is 0 Å². The molecule has 9 nitrogen and oxygen atoms in total. The monoisotopic (exact) mass is 515 g/mol. The minimum atomic E-state index is -3.62. The lowest BCUT2D eigenvalue weighted by atomic mass is 10.1. The van der Waals surface area contributed by atoms with Gasteiger partial charge in [-0.2, -0.15) is 4.31 Å². The number of nitrogens with zero attached hydrogens (tertiary/aromatic N) is 1. The van der Waals surface area contributed by atoms with E-state index in [2.05, 4.69) is 31.4 Å². The van der Waals surface area contributed by atoms with Crippen molar-refractivity contribution in [2.75, 3.05) is 26.2 Å². The second-order valence-corrected chi connectivity index (χ2v) is 11.4. The van der Waals surface area contributed by atoms with Crippen LogP contribution < -0.4 is 10.6 Å². The van der Waals surface area contributed by atoms with Crippen molar-refractivity contribution in [1.29, 1.82) is 0 Å². The molecule has 202 valence electrons. The number of carbonyl (C=O) groups excluding carboxylic acids is 2. The van der Waals surface area contributed by atoms with Gasteiger partial charge in [-0.1, -0.05) is 48.5 Å². The topological polar surface area (TPSA) is 136 Å². The average Bonchev–Trinajstić information content (AvgIpc) is 2.78. The Morgan fingerprint density at radius 1 is 0.914 bits per heavy atom. The minimum Gasteiger partial charge on any atom is -0.390 e. The first-order valence-corrected chi connectivity index (χ1v) is 13.7. The molecular formula is C25H45N3O6S. The molecule has 0 radical (unpaired) electrons. The Kier molecular flexibility index (Phi) is 15.7. The Bertz CT molecular complexity index is 854. The molecule has 0 saturated carbocycles. The molecule has 1 aromatic carbocycles. The highest BCUT2D eigenvalue weighted by Gasteiger charge is 2.23. The molecule has 0 aliphatic heterocycles. The molecule has 10 heteroatoms. The van der Waals surface area contributed by atoms with Crippen LogP contribution in [0.15, 0.2) is 29.2 Å². The van der Waals surface area contributed by atoms with E-state index in [0.29, 0.717) is 26.1 Å². The maximum atomic E-state index is 12.6. The van der Waals surface area contributed by atoms with Gasteiger partial charge in [-0.15, -0.1) is 0 Å². The van der Waals surface area contributed by atoms with E-state index in [4.69, 9.17) is 0 Å². The normalized spacial score (nSPS) is 13.3. The number of sulfonamides is 1. The number of rotatable bonds is 13. The van der Waals surface area contributed by atoms with Gasteiger partial charge >= 0.3 is 0 Å². The van der Waals surface area contributed by atoms with Crippen molar-refractivity contribution in [3.05, 3.63) is 29.8 Å². The van der Waals surface area contributed by atoms with Crippen molar-refractivity contribution in [2.45, 2.75) is 78.4 Å². The summed E-state index contributed by atoms with van der Waals surface area (Å²) in [5.74, 6) is 0.191. The van der Waals surface area contributed by atoms with Crippen LogP contribution in [0.1, 0.15) is 71.7 Å².